The molecule has 0 unspecified atom stereocenters. The van der Waals surface area contributed by atoms with E-state index >= 15 is 0 Å². The van der Waals surface area contributed by atoms with Crippen LogP contribution in [0.25, 0.3) is 10.9 Å². The van der Waals surface area contributed by atoms with E-state index in [1.807, 2.05) is 29.2 Å². The van der Waals surface area contributed by atoms with Crippen molar-refractivity contribution in [1.29, 1.82) is 0 Å². The van der Waals surface area contributed by atoms with Crippen LogP contribution in [0.3, 0.4) is 0 Å². The van der Waals surface area contributed by atoms with Crippen molar-refractivity contribution in [2.24, 2.45) is 0 Å². The molecule has 0 aliphatic carbocycles. The van der Waals surface area contributed by atoms with E-state index in [2.05, 4.69) is 15.3 Å². The Morgan fingerprint density at radius 1 is 0.964 bits per heavy atom. The normalized spacial score (nSPS) is 15.9. The van der Waals surface area contributed by atoms with E-state index in [-0.39, 0.29) is 44.2 Å². The number of nitrogens with one attached hydrogen (secondary N) is 1. The summed E-state index contributed by atoms with van der Waals surface area (Å²) in [4.78, 5) is 11.0. The Labute approximate surface area is 167 Å². The zero-order valence-electron chi connectivity index (χ0n) is 15.0. The number of rotatable bonds is 4. The van der Waals surface area contributed by atoms with Crippen molar-refractivity contribution in [3.05, 3.63) is 59.9 Å². The van der Waals surface area contributed by atoms with Gasteiger partial charge < -0.3 is 10.2 Å². The first kappa shape index (κ1) is 20.2. The van der Waals surface area contributed by atoms with Crippen molar-refractivity contribution in [2.75, 3.05) is 23.3 Å². The maximum absolute atomic E-state index is 13.5. The quantitative estimate of drug-likeness (QED) is 0.656. The van der Waals surface area contributed by atoms with Crippen LogP contribution in [0.15, 0.2) is 48.5 Å². The van der Waals surface area contributed by atoms with Crippen molar-refractivity contribution in [3.63, 3.8) is 0 Å². The standard InChI is InChI=1S/C20H19F3N4.ClH/c21-15-7-5-14(6-8-15)13-24-19-25-17-4-2-1-3-16(17)18(26-19)27-11-9-20(22,23)10-12-27;/h1-8H,9-13H2,(H,24,25,26);1H. The van der Waals surface area contributed by atoms with Gasteiger partial charge in [-0.3, -0.25) is 0 Å². The summed E-state index contributed by atoms with van der Waals surface area (Å²) in [5.74, 6) is -1.81. The van der Waals surface area contributed by atoms with Crippen molar-refractivity contribution in [3.8, 4) is 0 Å². The SMILES string of the molecule is Cl.Fc1ccc(CNc2nc(N3CCC(F)(F)CC3)c3ccccc3n2)cc1. The van der Waals surface area contributed by atoms with Gasteiger partial charge in [0.2, 0.25) is 5.95 Å². The number of nitrogens with zero attached hydrogens (tertiary/aromatic N) is 3. The van der Waals surface area contributed by atoms with Crippen molar-refractivity contribution < 1.29 is 13.2 Å². The fourth-order valence-corrected chi connectivity index (χ4v) is 3.21. The van der Waals surface area contributed by atoms with Crippen LogP contribution in [-0.2, 0) is 6.54 Å². The molecule has 1 aromatic heterocycles. The average Bonchev–Trinajstić information content (AvgIpc) is 2.67. The number of hydrogen-bond donors (Lipinski definition) is 1. The number of para-hydroxylation sites is 1. The van der Waals surface area contributed by atoms with Crippen LogP contribution in [0.5, 0.6) is 0 Å². The minimum absolute atomic E-state index is 0. The Balaban J connectivity index is 0.00000225. The molecule has 2 aromatic carbocycles. The maximum Gasteiger partial charge on any atom is 0.251 e. The number of halogens is 4. The molecule has 1 fully saturated rings. The second kappa shape index (κ2) is 8.22. The third-order valence-electron chi connectivity index (χ3n) is 4.74. The number of aromatic nitrogens is 2. The molecule has 0 saturated carbocycles. The van der Waals surface area contributed by atoms with Crippen molar-refractivity contribution in [2.45, 2.75) is 25.3 Å². The van der Waals surface area contributed by atoms with E-state index in [4.69, 9.17) is 0 Å². The number of alkyl halides is 2. The molecule has 1 saturated heterocycles. The van der Waals surface area contributed by atoms with Gasteiger partial charge in [-0.15, -0.1) is 12.4 Å². The number of piperidine rings is 1. The summed E-state index contributed by atoms with van der Waals surface area (Å²) >= 11 is 0. The number of benzene rings is 2. The smallest absolute Gasteiger partial charge is 0.251 e. The highest BCUT2D eigenvalue weighted by Crippen LogP contribution is 2.33. The molecule has 4 rings (SSSR count). The fraction of sp³-hybridized carbons (Fsp3) is 0.300. The molecule has 2 heterocycles. The van der Waals surface area contributed by atoms with Gasteiger partial charge in [0, 0.05) is 37.9 Å². The lowest BCUT2D eigenvalue weighted by atomic mass is 10.1. The molecular weight excluding hydrogens is 389 g/mol. The Kier molecular flexibility index (Phi) is 5.93. The van der Waals surface area contributed by atoms with E-state index in [1.54, 1.807) is 12.1 Å². The van der Waals surface area contributed by atoms with Crippen LogP contribution in [-0.4, -0.2) is 29.0 Å². The van der Waals surface area contributed by atoms with Gasteiger partial charge >= 0.3 is 0 Å². The Morgan fingerprint density at radius 2 is 1.64 bits per heavy atom. The molecule has 0 spiro atoms. The molecule has 8 heteroatoms. The van der Waals surface area contributed by atoms with Gasteiger partial charge in [-0.25, -0.2) is 18.2 Å². The van der Waals surface area contributed by atoms with Gasteiger partial charge in [0.25, 0.3) is 5.92 Å². The molecule has 3 aromatic rings. The zero-order valence-corrected chi connectivity index (χ0v) is 15.9. The molecular formula is C20H20ClF3N4. The highest BCUT2D eigenvalue weighted by Gasteiger charge is 2.35. The first-order chi connectivity index (χ1) is 13.0. The molecule has 0 amide bonds. The van der Waals surface area contributed by atoms with Gasteiger partial charge in [-0.1, -0.05) is 24.3 Å². The molecule has 28 heavy (non-hydrogen) atoms. The predicted octanol–water partition coefficient (Wildman–Crippen LogP) is 5.04. The van der Waals surface area contributed by atoms with Crippen LogP contribution in [0, 0.1) is 5.82 Å². The van der Waals surface area contributed by atoms with E-state index in [0.29, 0.717) is 18.3 Å². The van der Waals surface area contributed by atoms with Crippen molar-refractivity contribution >= 4 is 35.1 Å². The van der Waals surface area contributed by atoms with Crippen molar-refractivity contribution in [1.82, 2.24) is 9.97 Å². The molecule has 4 nitrogen and oxygen atoms in total. The summed E-state index contributed by atoms with van der Waals surface area (Å²) in [6, 6.07) is 13.7. The third-order valence-corrected chi connectivity index (χ3v) is 4.74. The summed E-state index contributed by atoms with van der Waals surface area (Å²) in [5, 5.41) is 3.99. The number of anilines is 2. The van der Waals surface area contributed by atoms with Gasteiger partial charge in [-0.05, 0) is 29.8 Å². The second-order valence-electron chi connectivity index (χ2n) is 6.71. The van der Waals surface area contributed by atoms with E-state index in [0.717, 1.165) is 16.5 Å². The van der Waals surface area contributed by atoms with Gasteiger partial charge in [0.1, 0.15) is 11.6 Å². The summed E-state index contributed by atoms with van der Waals surface area (Å²) in [5.41, 5.74) is 1.65. The lowest BCUT2D eigenvalue weighted by Crippen LogP contribution is -2.40. The summed E-state index contributed by atoms with van der Waals surface area (Å²) in [6.45, 7) is 0.951. The first-order valence-electron chi connectivity index (χ1n) is 8.88. The topological polar surface area (TPSA) is 41.1 Å². The highest BCUT2D eigenvalue weighted by molar-refractivity contribution is 5.90. The van der Waals surface area contributed by atoms with Gasteiger partial charge in [0.05, 0.1) is 5.52 Å². The molecule has 0 bridgehead atoms. The zero-order chi connectivity index (χ0) is 18.9. The summed E-state index contributed by atoms with van der Waals surface area (Å²) in [7, 11) is 0. The third kappa shape index (κ3) is 4.47. The van der Waals surface area contributed by atoms with Gasteiger partial charge in [-0.2, -0.15) is 4.98 Å². The van der Waals surface area contributed by atoms with Crippen LogP contribution in [0.2, 0.25) is 0 Å². The van der Waals surface area contributed by atoms with Gasteiger partial charge in [0.15, 0.2) is 0 Å². The molecule has 1 aliphatic heterocycles. The Bertz CT molecular complexity index is 940. The minimum atomic E-state index is -2.61. The molecule has 148 valence electrons. The number of fused-ring (bicyclic) bond motifs is 1. The van der Waals surface area contributed by atoms with E-state index < -0.39 is 5.92 Å². The summed E-state index contributed by atoms with van der Waals surface area (Å²) in [6.07, 6.45) is -0.354. The predicted molar refractivity (Wildman–Crippen MR) is 107 cm³/mol. The molecule has 0 radical (unpaired) electrons. The lowest BCUT2D eigenvalue weighted by Gasteiger charge is -2.33. The highest BCUT2D eigenvalue weighted by atomic mass is 35.5. The van der Waals surface area contributed by atoms with E-state index in [9.17, 15) is 13.2 Å². The Morgan fingerprint density at radius 3 is 2.36 bits per heavy atom. The largest absolute Gasteiger partial charge is 0.355 e. The maximum atomic E-state index is 13.5. The first-order valence-corrected chi connectivity index (χ1v) is 8.88. The lowest BCUT2D eigenvalue weighted by molar-refractivity contribution is -0.0221. The van der Waals surface area contributed by atoms with Crippen LogP contribution >= 0.6 is 12.4 Å². The summed E-state index contributed by atoms with van der Waals surface area (Å²) < 4.78 is 40.1. The molecule has 1 N–H and O–H groups in total. The Hall–Kier alpha value is -2.54. The molecule has 1 aliphatic rings. The average molecular weight is 409 g/mol. The van der Waals surface area contributed by atoms with Crippen LogP contribution in [0.4, 0.5) is 24.9 Å². The van der Waals surface area contributed by atoms with Crippen LogP contribution in [0.1, 0.15) is 18.4 Å². The fourth-order valence-electron chi connectivity index (χ4n) is 3.21. The van der Waals surface area contributed by atoms with E-state index in [1.165, 1.54) is 12.1 Å². The van der Waals surface area contributed by atoms with Crippen LogP contribution < -0.4 is 10.2 Å². The minimum Gasteiger partial charge on any atom is -0.355 e. The second-order valence-corrected chi connectivity index (χ2v) is 6.71. The monoisotopic (exact) mass is 408 g/mol. The number of hydrogen-bond acceptors (Lipinski definition) is 4. The molecule has 0 atom stereocenters.